The van der Waals surface area contributed by atoms with E-state index in [0.29, 0.717) is 0 Å². The molecule has 1 heterocycles. The Balaban J connectivity index is 2.28. The van der Waals surface area contributed by atoms with E-state index in [1.807, 2.05) is 18.2 Å². The fourth-order valence-electron chi connectivity index (χ4n) is 0.964. The maximum atomic E-state index is 8.52. The third kappa shape index (κ3) is 3.14. The number of hydrogen-bond acceptors (Lipinski definition) is 2. The largest absolute Gasteiger partial charge is 0.396 e. The van der Waals surface area contributed by atoms with Crippen LogP contribution in [0.1, 0.15) is 18.5 Å². The summed E-state index contributed by atoms with van der Waals surface area (Å²) < 4.78 is 0. The highest BCUT2D eigenvalue weighted by molar-refractivity contribution is 5.03. The molecule has 0 amide bonds. The van der Waals surface area contributed by atoms with Gasteiger partial charge in [0.2, 0.25) is 0 Å². The molecule has 60 valence electrons. The summed E-state index contributed by atoms with van der Waals surface area (Å²) in [7, 11) is 0. The Morgan fingerprint density at radius 3 is 2.82 bits per heavy atom. The summed E-state index contributed by atoms with van der Waals surface area (Å²) in [6, 6.07) is 5.91. The number of aliphatic hydroxyl groups excluding tert-OH is 1. The van der Waals surface area contributed by atoms with Crippen molar-refractivity contribution in [1.82, 2.24) is 4.98 Å². The van der Waals surface area contributed by atoms with Crippen molar-refractivity contribution in [3.63, 3.8) is 0 Å². The average molecular weight is 151 g/mol. The first kappa shape index (κ1) is 8.21. The maximum Gasteiger partial charge on any atom is 0.0431 e. The van der Waals surface area contributed by atoms with E-state index in [1.54, 1.807) is 6.20 Å². The van der Waals surface area contributed by atoms with Crippen LogP contribution in [0.25, 0.3) is 0 Å². The highest BCUT2D eigenvalue weighted by Crippen LogP contribution is 1.99. The lowest BCUT2D eigenvalue weighted by Crippen LogP contribution is -1.90. The Kier molecular flexibility index (Phi) is 3.62. The van der Waals surface area contributed by atoms with Crippen LogP contribution < -0.4 is 0 Å². The lowest BCUT2D eigenvalue weighted by Gasteiger charge is -1.96. The van der Waals surface area contributed by atoms with E-state index in [4.69, 9.17) is 5.11 Å². The molecule has 0 radical (unpaired) electrons. The predicted molar refractivity (Wildman–Crippen MR) is 44.3 cm³/mol. The summed E-state index contributed by atoms with van der Waals surface area (Å²) in [5.74, 6) is 0. The highest BCUT2D eigenvalue weighted by Gasteiger charge is 1.91. The molecule has 1 N–H and O–H groups in total. The van der Waals surface area contributed by atoms with Gasteiger partial charge < -0.3 is 5.11 Å². The standard InChI is InChI=1S/C9H13NO/c11-8-4-2-6-9-5-1-3-7-10-9/h1,3,5,7,11H,2,4,6,8H2. The molecular weight excluding hydrogens is 138 g/mol. The SMILES string of the molecule is OCCCCc1ccccn1. The molecule has 2 nitrogen and oxygen atoms in total. The molecule has 0 atom stereocenters. The van der Waals surface area contributed by atoms with Gasteiger partial charge in [-0.25, -0.2) is 0 Å². The van der Waals surface area contributed by atoms with Crippen molar-refractivity contribution in [2.45, 2.75) is 19.3 Å². The topological polar surface area (TPSA) is 33.1 Å². The predicted octanol–water partition coefficient (Wildman–Crippen LogP) is 1.40. The van der Waals surface area contributed by atoms with Crippen LogP contribution in [0, 0.1) is 0 Å². The summed E-state index contributed by atoms with van der Waals surface area (Å²) in [5.41, 5.74) is 1.11. The zero-order chi connectivity index (χ0) is 7.94. The molecule has 0 bridgehead atoms. The van der Waals surface area contributed by atoms with Crippen molar-refractivity contribution in [3.05, 3.63) is 30.1 Å². The fourth-order valence-corrected chi connectivity index (χ4v) is 0.964. The maximum absolute atomic E-state index is 8.52. The number of unbranched alkanes of at least 4 members (excludes halogenated alkanes) is 1. The van der Waals surface area contributed by atoms with E-state index in [1.165, 1.54) is 0 Å². The number of rotatable bonds is 4. The molecular formula is C9H13NO. The van der Waals surface area contributed by atoms with Crippen LogP contribution in [-0.2, 0) is 6.42 Å². The second-order valence-corrected chi connectivity index (χ2v) is 2.50. The van der Waals surface area contributed by atoms with Gasteiger partial charge in [0.25, 0.3) is 0 Å². The average Bonchev–Trinajstić information content (AvgIpc) is 2.07. The molecule has 0 fully saturated rings. The molecule has 0 aliphatic carbocycles. The van der Waals surface area contributed by atoms with Crippen LogP contribution in [-0.4, -0.2) is 16.7 Å². The van der Waals surface area contributed by atoms with Crippen molar-refractivity contribution in [1.29, 1.82) is 0 Å². The number of nitrogens with zero attached hydrogens (tertiary/aromatic N) is 1. The number of hydrogen-bond donors (Lipinski definition) is 1. The molecule has 0 unspecified atom stereocenters. The summed E-state index contributed by atoms with van der Waals surface area (Å²) in [6.45, 7) is 0.285. The number of aliphatic hydroxyl groups is 1. The van der Waals surface area contributed by atoms with E-state index in [-0.39, 0.29) is 6.61 Å². The Bertz CT molecular complexity index is 186. The first-order valence-electron chi connectivity index (χ1n) is 3.94. The van der Waals surface area contributed by atoms with E-state index in [2.05, 4.69) is 4.98 Å². The highest BCUT2D eigenvalue weighted by atomic mass is 16.2. The van der Waals surface area contributed by atoms with Gasteiger partial charge >= 0.3 is 0 Å². The van der Waals surface area contributed by atoms with Gasteiger partial charge in [0.05, 0.1) is 0 Å². The van der Waals surface area contributed by atoms with E-state index >= 15 is 0 Å². The number of pyridine rings is 1. The third-order valence-corrected chi connectivity index (χ3v) is 1.57. The van der Waals surface area contributed by atoms with Crippen LogP contribution in [0.3, 0.4) is 0 Å². The van der Waals surface area contributed by atoms with Crippen molar-refractivity contribution >= 4 is 0 Å². The Morgan fingerprint density at radius 1 is 1.27 bits per heavy atom. The van der Waals surface area contributed by atoms with Gasteiger partial charge in [-0.3, -0.25) is 4.98 Å². The van der Waals surface area contributed by atoms with Gasteiger partial charge in [0.15, 0.2) is 0 Å². The van der Waals surface area contributed by atoms with Crippen LogP contribution >= 0.6 is 0 Å². The van der Waals surface area contributed by atoms with Crippen molar-refractivity contribution < 1.29 is 5.11 Å². The van der Waals surface area contributed by atoms with Gasteiger partial charge in [-0.15, -0.1) is 0 Å². The molecule has 0 saturated heterocycles. The van der Waals surface area contributed by atoms with Crippen molar-refractivity contribution in [2.24, 2.45) is 0 Å². The smallest absolute Gasteiger partial charge is 0.0431 e. The second-order valence-electron chi connectivity index (χ2n) is 2.50. The van der Waals surface area contributed by atoms with Gasteiger partial charge in [0.1, 0.15) is 0 Å². The van der Waals surface area contributed by atoms with E-state index in [0.717, 1.165) is 25.0 Å². The molecule has 0 aliphatic rings. The molecule has 1 aromatic rings. The molecule has 1 aromatic heterocycles. The zero-order valence-electron chi connectivity index (χ0n) is 6.53. The minimum Gasteiger partial charge on any atom is -0.396 e. The van der Waals surface area contributed by atoms with Gasteiger partial charge in [-0.05, 0) is 31.4 Å². The van der Waals surface area contributed by atoms with Gasteiger partial charge in [-0.2, -0.15) is 0 Å². The normalized spacial score (nSPS) is 9.91. The van der Waals surface area contributed by atoms with Crippen LogP contribution in [0.5, 0.6) is 0 Å². The Morgan fingerprint density at radius 2 is 2.18 bits per heavy atom. The second kappa shape index (κ2) is 4.85. The summed E-state index contributed by atoms with van der Waals surface area (Å²) in [5, 5.41) is 8.52. The minimum atomic E-state index is 0.285. The number of aryl methyl sites for hydroxylation is 1. The lowest BCUT2D eigenvalue weighted by atomic mass is 10.2. The first-order chi connectivity index (χ1) is 5.43. The lowest BCUT2D eigenvalue weighted by molar-refractivity contribution is 0.284. The quantitative estimate of drug-likeness (QED) is 0.660. The molecule has 2 heteroatoms. The summed E-state index contributed by atoms with van der Waals surface area (Å²) >= 11 is 0. The Labute approximate surface area is 66.9 Å². The van der Waals surface area contributed by atoms with Crippen LogP contribution in [0.4, 0.5) is 0 Å². The summed E-state index contributed by atoms with van der Waals surface area (Å²) in [4.78, 5) is 4.17. The minimum absolute atomic E-state index is 0.285. The molecule has 0 aromatic carbocycles. The van der Waals surface area contributed by atoms with Crippen LogP contribution in [0.15, 0.2) is 24.4 Å². The fraction of sp³-hybridized carbons (Fsp3) is 0.444. The molecule has 1 rings (SSSR count). The van der Waals surface area contributed by atoms with Gasteiger partial charge in [-0.1, -0.05) is 6.07 Å². The Hall–Kier alpha value is -0.890. The van der Waals surface area contributed by atoms with E-state index in [9.17, 15) is 0 Å². The molecule has 0 spiro atoms. The molecule has 11 heavy (non-hydrogen) atoms. The van der Waals surface area contributed by atoms with Gasteiger partial charge in [0, 0.05) is 18.5 Å². The summed E-state index contributed by atoms with van der Waals surface area (Å²) in [6.07, 6.45) is 4.67. The zero-order valence-corrected chi connectivity index (χ0v) is 6.53. The van der Waals surface area contributed by atoms with Crippen LogP contribution in [0.2, 0.25) is 0 Å². The van der Waals surface area contributed by atoms with E-state index < -0.39 is 0 Å². The molecule has 0 saturated carbocycles. The van der Waals surface area contributed by atoms with Crippen molar-refractivity contribution in [2.75, 3.05) is 6.61 Å². The molecule has 0 aliphatic heterocycles. The third-order valence-electron chi connectivity index (χ3n) is 1.57. The number of aromatic nitrogens is 1. The first-order valence-corrected chi connectivity index (χ1v) is 3.94. The van der Waals surface area contributed by atoms with Crippen molar-refractivity contribution in [3.8, 4) is 0 Å². The monoisotopic (exact) mass is 151 g/mol.